The van der Waals surface area contributed by atoms with E-state index >= 15 is 0 Å². The molecule has 1 heterocycles. The molecule has 2 amide bonds. The molecule has 1 aromatic heterocycles. The Kier molecular flexibility index (Phi) is 8.01. The third kappa shape index (κ3) is 6.65. The Balaban J connectivity index is 1.49. The van der Waals surface area contributed by atoms with Crippen LogP contribution in [0.3, 0.4) is 0 Å². The van der Waals surface area contributed by atoms with Crippen LogP contribution in [0.2, 0.25) is 0 Å². The molecular formula is C21H27N3O4S2. The number of rotatable bonds is 9. The number of carbonyl (C=O) groups is 2. The molecule has 1 aliphatic carbocycles. The maximum atomic E-state index is 12.5. The topological polar surface area (TPSA) is 104 Å². The first kappa shape index (κ1) is 22.5. The molecule has 0 unspecified atom stereocenters. The lowest BCUT2D eigenvalue weighted by Gasteiger charge is -2.22. The molecule has 3 rings (SSSR count). The Hall–Kier alpha value is -2.23. The molecule has 0 saturated heterocycles. The quantitative estimate of drug-likeness (QED) is 0.547. The Bertz CT molecular complexity index is 952. The van der Waals surface area contributed by atoms with Gasteiger partial charge in [0.2, 0.25) is 15.9 Å². The van der Waals surface area contributed by atoms with Gasteiger partial charge in [-0.1, -0.05) is 31.4 Å². The van der Waals surface area contributed by atoms with E-state index in [4.69, 9.17) is 0 Å². The van der Waals surface area contributed by atoms with Crippen LogP contribution < -0.4 is 15.4 Å². The van der Waals surface area contributed by atoms with Gasteiger partial charge >= 0.3 is 0 Å². The van der Waals surface area contributed by atoms with Gasteiger partial charge in [-0.25, -0.2) is 13.1 Å². The van der Waals surface area contributed by atoms with Crippen molar-refractivity contribution in [3.8, 4) is 0 Å². The van der Waals surface area contributed by atoms with E-state index in [0.29, 0.717) is 0 Å². The molecule has 2 aromatic rings. The summed E-state index contributed by atoms with van der Waals surface area (Å²) >= 11 is 1.47. The number of thiophene rings is 1. The van der Waals surface area contributed by atoms with Crippen LogP contribution in [0.5, 0.6) is 0 Å². The first-order valence-electron chi connectivity index (χ1n) is 10.1. The summed E-state index contributed by atoms with van der Waals surface area (Å²) in [6, 6.07) is 9.82. The van der Waals surface area contributed by atoms with Crippen molar-refractivity contribution in [2.75, 3.05) is 6.54 Å². The maximum Gasteiger partial charge on any atom is 0.251 e. The fraction of sp³-hybridized carbons (Fsp3) is 0.429. The zero-order valence-electron chi connectivity index (χ0n) is 16.7. The molecule has 9 heteroatoms. The third-order valence-electron chi connectivity index (χ3n) is 5.03. The van der Waals surface area contributed by atoms with Gasteiger partial charge in [-0.15, -0.1) is 11.3 Å². The molecule has 0 spiro atoms. The number of amides is 2. The van der Waals surface area contributed by atoms with Crippen molar-refractivity contribution in [3.05, 3.63) is 52.2 Å². The van der Waals surface area contributed by atoms with Gasteiger partial charge < -0.3 is 10.6 Å². The lowest BCUT2D eigenvalue weighted by atomic mass is 9.95. The first-order valence-corrected chi connectivity index (χ1v) is 12.5. The molecule has 0 radical (unpaired) electrons. The molecule has 1 saturated carbocycles. The monoisotopic (exact) mass is 449 g/mol. The van der Waals surface area contributed by atoms with Gasteiger partial charge in [-0.3, -0.25) is 9.59 Å². The van der Waals surface area contributed by atoms with E-state index < -0.39 is 15.9 Å². The molecule has 3 N–H and O–H groups in total. The molecular weight excluding hydrogens is 422 g/mol. The highest BCUT2D eigenvalue weighted by molar-refractivity contribution is 7.89. The summed E-state index contributed by atoms with van der Waals surface area (Å²) < 4.78 is 27.5. The minimum atomic E-state index is -3.73. The first-order chi connectivity index (χ1) is 14.4. The molecule has 0 atom stereocenters. The van der Waals surface area contributed by atoms with Gasteiger partial charge in [0.25, 0.3) is 5.91 Å². The predicted octanol–water partition coefficient (Wildman–Crippen LogP) is 2.80. The van der Waals surface area contributed by atoms with Crippen molar-refractivity contribution in [2.45, 2.75) is 56.0 Å². The van der Waals surface area contributed by atoms with Gasteiger partial charge in [0.05, 0.1) is 4.90 Å². The summed E-state index contributed by atoms with van der Waals surface area (Å²) in [5.41, 5.74) is 0.238. The summed E-state index contributed by atoms with van der Waals surface area (Å²) in [6.45, 7) is 0.400. The second-order valence-corrected chi connectivity index (χ2v) is 10.1. The van der Waals surface area contributed by atoms with Gasteiger partial charge in [-0.2, -0.15) is 0 Å². The van der Waals surface area contributed by atoms with Crippen LogP contribution in [0.1, 0.15) is 53.8 Å². The Morgan fingerprint density at radius 3 is 2.60 bits per heavy atom. The number of hydrogen-bond donors (Lipinski definition) is 3. The van der Waals surface area contributed by atoms with Gasteiger partial charge in [0.1, 0.15) is 0 Å². The summed E-state index contributed by atoms with van der Waals surface area (Å²) in [5, 5.41) is 7.58. The van der Waals surface area contributed by atoms with E-state index in [1.807, 2.05) is 17.5 Å². The molecule has 30 heavy (non-hydrogen) atoms. The Labute approximate surface area is 181 Å². The fourth-order valence-electron chi connectivity index (χ4n) is 3.41. The second kappa shape index (κ2) is 10.7. The maximum absolute atomic E-state index is 12.5. The highest BCUT2D eigenvalue weighted by Gasteiger charge is 2.18. The number of sulfonamides is 1. The van der Waals surface area contributed by atoms with E-state index in [1.165, 1.54) is 36.0 Å². The molecule has 0 bridgehead atoms. The van der Waals surface area contributed by atoms with Gasteiger partial charge in [0, 0.05) is 36.0 Å². The van der Waals surface area contributed by atoms with Crippen LogP contribution in [0, 0.1) is 0 Å². The van der Waals surface area contributed by atoms with Crippen LogP contribution in [0.4, 0.5) is 0 Å². The molecule has 1 aromatic carbocycles. The SMILES string of the molecule is O=C(CCNC(=O)c1cccc(S(=O)(=O)NCc2cccs2)c1)NC1CCCCC1. The third-order valence-corrected chi connectivity index (χ3v) is 7.31. The smallest absolute Gasteiger partial charge is 0.251 e. The average Bonchev–Trinajstić information content (AvgIpc) is 3.27. The van der Waals surface area contributed by atoms with Crippen molar-refractivity contribution >= 4 is 33.2 Å². The molecule has 162 valence electrons. The highest BCUT2D eigenvalue weighted by atomic mass is 32.2. The second-order valence-electron chi connectivity index (χ2n) is 7.34. The van der Waals surface area contributed by atoms with Crippen LogP contribution in [-0.4, -0.2) is 32.8 Å². The van der Waals surface area contributed by atoms with Crippen molar-refractivity contribution in [2.24, 2.45) is 0 Å². The largest absolute Gasteiger partial charge is 0.353 e. The molecule has 7 nitrogen and oxygen atoms in total. The summed E-state index contributed by atoms with van der Waals surface area (Å²) in [7, 11) is -3.73. The van der Waals surface area contributed by atoms with E-state index in [2.05, 4.69) is 15.4 Å². The zero-order chi connectivity index (χ0) is 21.4. The predicted molar refractivity (Wildman–Crippen MR) is 117 cm³/mol. The van der Waals surface area contributed by atoms with Crippen LogP contribution in [0.25, 0.3) is 0 Å². The minimum absolute atomic E-state index is 0.0294. The zero-order valence-corrected chi connectivity index (χ0v) is 18.4. The van der Waals surface area contributed by atoms with E-state index in [-0.39, 0.29) is 41.9 Å². The Morgan fingerprint density at radius 1 is 1.07 bits per heavy atom. The molecule has 1 aliphatic rings. The van der Waals surface area contributed by atoms with Crippen LogP contribution in [-0.2, 0) is 21.4 Å². The normalized spacial score (nSPS) is 14.9. The average molecular weight is 450 g/mol. The van der Waals surface area contributed by atoms with Crippen molar-refractivity contribution in [3.63, 3.8) is 0 Å². The molecule has 0 aliphatic heterocycles. The Morgan fingerprint density at radius 2 is 1.87 bits per heavy atom. The summed E-state index contributed by atoms with van der Waals surface area (Å²) in [6.07, 6.45) is 5.73. The van der Waals surface area contributed by atoms with E-state index in [9.17, 15) is 18.0 Å². The summed E-state index contributed by atoms with van der Waals surface area (Å²) in [5.74, 6) is -0.480. The highest BCUT2D eigenvalue weighted by Crippen LogP contribution is 2.17. The minimum Gasteiger partial charge on any atom is -0.353 e. The fourth-order valence-corrected chi connectivity index (χ4v) is 5.19. The van der Waals surface area contributed by atoms with Crippen molar-refractivity contribution in [1.82, 2.24) is 15.4 Å². The lowest BCUT2D eigenvalue weighted by molar-refractivity contribution is -0.121. The van der Waals surface area contributed by atoms with Gasteiger partial charge in [-0.05, 0) is 42.5 Å². The number of carbonyl (C=O) groups excluding carboxylic acids is 2. The summed E-state index contributed by atoms with van der Waals surface area (Å²) in [4.78, 5) is 25.3. The number of hydrogen-bond acceptors (Lipinski definition) is 5. The lowest BCUT2D eigenvalue weighted by Crippen LogP contribution is -2.38. The van der Waals surface area contributed by atoms with Gasteiger partial charge in [0.15, 0.2) is 0 Å². The van der Waals surface area contributed by atoms with Crippen LogP contribution in [0.15, 0.2) is 46.7 Å². The van der Waals surface area contributed by atoms with Crippen molar-refractivity contribution < 1.29 is 18.0 Å². The van der Waals surface area contributed by atoms with E-state index in [1.54, 1.807) is 6.07 Å². The number of nitrogens with one attached hydrogen (secondary N) is 3. The molecule has 1 fully saturated rings. The standard InChI is InChI=1S/C21H27N3O4S2/c25-20(24-17-7-2-1-3-8-17)11-12-22-21(26)16-6-4-10-19(14-16)30(27,28)23-15-18-9-5-13-29-18/h4-6,9-10,13-14,17,23H,1-3,7-8,11-12,15H2,(H,22,26)(H,24,25). The van der Waals surface area contributed by atoms with Crippen LogP contribution >= 0.6 is 11.3 Å². The van der Waals surface area contributed by atoms with E-state index in [0.717, 1.165) is 30.6 Å². The van der Waals surface area contributed by atoms with Crippen molar-refractivity contribution in [1.29, 1.82) is 0 Å². The number of benzene rings is 1.